The van der Waals surface area contributed by atoms with Crippen LogP contribution in [-0.4, -0.2) is 51.2 Å². The van der Waals surface area contributed by atoms with Gasteiger partial charge in [0.1, 0.15) is 0 Å². The van der Waals surface area contributed by atoms with E-state index in [9.17, 15) is 9.59 Å². The Kier molecular flexibility index (Phi) is 9.51. The van der Waals surface area contributed by atoms with Crippen molar-refractivity contribution in [2.24, 2.45) is 17.3 Å². The lowest BCUT2D eigenvalue weighted by Crippen LogP contribution is -2.49. The number of hydrogen-bond donors (Lipinski definition) is 3. The Morgan fingerprint density at radius 2 is 1.57 bits per heavy atom. The van der Waals surface area contributed by atoms with E-state index >= 15 is 0 Å². The topological polar surface area (TPSA) is 79.5 Å². The highest BCUT2D eigenvalue weighted by Crippen LogP contribution is 2.30. The van der Waals surface area contributed by atoms with Crippen molar-refractivity contribution >= 4 is 24.2 Å². The predicted octanol–water partition coefficient (Wildman–Crippen LogP) is 2.41. The standard InChI is InChI=1S/C21H37N3O3.ClH/c1-27-15-21(10-12-22-13-11-21)14-23-19(25)17-6-8-18(9-7-17)24-20(26)16-4-2-3-5-16;/h16-18,22H,2-15H2,1H3,(H,23,25)(H,24,26);1H. The maximum Gasteiger partial charge on any atom is 0.223 e. The molecule has 1 aliphatic heterocycles. The molecule has 3 fully saturated rings. The molecule has 0 bridgehead atoms. The molecule has 6 nitrogen and oxygen atoms in total. The first-order chi connectivity index (χ1) is 13.1. The van der Waals surface area contributed by atoms with Crippen molar-refractivity contribution in [1.82, 2.24) is 16.0 Å². The summed E-state index contributed by atoms with van der Waals surface area (Å²) in [6.45, 7) is 3.39. The van der Waals surface area contributed by atoms with Gasteiger partial charge < -0.3 is 20.7 Å². The summed E-state index contributed by atoms with van der Waals surface area (Å²) < 4.78 is 5.44. The molecule has 2 amide bonds. The molecule has 0 atom stereocenters. The van der Waals surface area contributed by atoms with Crippen molar-refractivity contribution < 1.29 is 14.3 Å². The smallest absolute Gasteiger partial charge is 0.223 e. The van der Waals surface area contributed by atoms with E-state index in [1.54, 1.807) is 7.11 Å². The summed E-state index contributed by atoms with van der Waals surface area (Å²) in [6, 6.07) is 0.256. The summed E-state index contributed by atoms with van der Waals surface area (Å²) in [6.07, 6.45) is 10.1. The first-order valence-corrected chi connectivity index (χ1v) is 10.9. The molecule has 0 unspecified atom stereocenters. The van der Waals surface area contributed by atoms with Crippen molar-refractivity contribution in [3.63, 3.8) is 0 Å². The molecule has 1 saturated heterocycles. The van der Waals surface area contributed by atoms with Gasteiger partial charge in [0.05, 0.1) is 6.61 Å². The Morgan fingerprint density at radius 3 is 2.18 bits per heavy atom. The van der Waals surface area contributed by atoms with Gasteiger partial charge in [-0.1, -0.05) is 12.8 Å². The van der Waals surface area contributed by atoms with E-state index in [0.717, 1.165) is 64.5 Å². The number of halogens is 1. The summed E-state index contributed by atoms with van der Waals surface area (Å²) in [5.74, 6) is 0.747. The third-order valence-corrected chi connectivity index (χ3v) is 6.92. The number of carbonyl (C=O) groups is 2. The maximum atomic E-state index is 12.7. The summed E-state index contributed by atoms with van der Waals surface area (Å²) in [4.78, 5) is 25.0. The van der Waals surface area contributed by atoms with E-state index < -0.39 is 0 Å². The second-order valence-corrected chi connectivity index (χ2v) is 8.94. The Morgan fingerprint density at radius 1 is 0.964 bits per heavy atom. The van der Waals surface area contributed by atoms with Crippen LogP contribution in [0.3, 0.4) is 0 Å². The van der Waals surface area contributed by atoms with E-state index in [4.69, 9.17) is 4.74 Å². The molecule has 0 aromatic rings. The second-order valence-electron chi connectivity index (χ2n) is 8.94. The van der Waals surface area contributed by atoms with Crippen LogP contribution in [0.25, 0.3) is 0 Å². The van der Waals surface area contributed by atoms with Gasteiger partial charge >= 0.3 is 0 Å². The van der Waals surface area contributed by atoms with Crippen LogP contribution in [-0.2, 0) is 14.3 Å². The van der Waals surface area contributed by atoms with Crippen LogP contribution in [0.2, 0.25) is 0 Å². The molecule has 3 rings (SSSR count). The van der Waals surface area contributed by atoms with Crippen molar-refractivity contribution in [3.05, 3.63) is 0 Å². The molecule has 0 spiro atoms. The van der Waals surface area contributed by atoms with E-state index in [2.05, 4.69) is 16.0 Å². The summed E-state index contributed by atoms with van der Waals surface area (Å²) >= 11 is 0. The average molecular weight is 416 g/mol. The number of carbonyl (C=O) groups excluding carboxylic acids is 2. The quantitative estimate of drug-likeness (QED) is 0.596. The highest BCUT2D eigenvalue weighted by Gasteiger charge is 2.34. The molecule has 28 heavy (non-hydrogen) atoms. The number of hydrogen-bond acceptors (Lipinski definition) is 4. The monoisotopic (exact) mass is 415 g/mol. The van der Waals surface area contributed by atoms with Gasteiger partial charge in [-0.25, -0.2) is 0 Å². The fourth-order valence-electron chi connectivity index (χ4n) is 5.06. The highest BCUT2D eigenvalue weighted by molar-refractivity contribution is 5.85. The lowest BCUT2D eigenvalue weighted by atomic mass is 9.79. The molecule has 1 heterocycles. The van der Waals surface area contributed by atoms with Crippen LogP contribution >= 0.6 is 12.4 Å². The van der Waals surface area contributed by atoms with Crippen LogP contribution in [0, 0.1) is 17.3 Å². The highest BCUT2D eigenvalue weighted by atomic mass is 35.5. The maximum absolute atomic E-state index is 12.7. The van der Waals surface area contributed by atoms with E-state index in [0.29, 0.717) is 13.2 Å². The average Bonchev–Trinajstić information content (AvgIpc) is 3.23. The molecule has 0 radical (unpaired) electrons. The molecule has 0 aromatic carbocycles. The molecule has 162 valence electrons. The number of piperidine rings is 1. The van der Waals surface area contributed by atoms with Crippen LogP contribution in [0.4, 0.5) is 0 Å². The summed E-state index contributed by atoms with van der Waals surface area (Å²) in [7, 11) is 1.74. The Balaban J connectivity index is 0.00000280. The third kappa shape index (κ3) is 6.33. The molecular weight excluding hydrogens is 378 g/mol. The molecule has 2 aliphatic carbocycles. The number of ether oxygens (including phenoxy) is 1. The fourth-order valence-corrected chi connectivity index (χ4v) is 5.06. The molecule has 7 heteroatoms. The summed E-state index contributed by atoms with van der Waals surface area (Å²) in [5, 5.41) is 9.83. The normalized spacial score (nSPS) is 27.6. The minimum atomic E-state index is 0. The van der Waals surface area contributed by atoms with Gasteiger partial charge in [0.15, 0.2) is 0 Å². The molecule has 3 N–H and O–H groups in total. The second kappa shape index (κ2) is 11.4. The third-order valence-electron chi connectivity index (χ3n) is 6.92. The van der Waals surface area contributed by atoms with Gasteiger partial charge in [0.25, 0.3) is 0 Å². The Bertz CT molecular complexity index is 492. The predicted molar refractivity (Wildman–Crippen MR) is 113 cm³/mol. The molecule has 2 saturated carbocycles. The lowest BCUT2D eigenvalue weighted by molar-refractivity contribution is -0.127. The van der Waals surface area contributed by atoms with E-state index in [1.165, 1.54) is 12.8 Å². The SMILES string of the molecule is COCC1(CNC(=O)C2CCC(NC(=O)C3CCCC3)CC2)CCNCC1.Cl. The van der Waals surface area contributed by atoms with E-state index in [-0.39, 0.29) is 47.5 Å². The van der Waals surface area contributed by atoms with E-state index in [1.807, 2.05) is 0 Å². The van der Waals surface area contributed by atoms with Gasteiger partial charge in [-0.2, -0.15) is 0 Å². The zero-order chi connectivity index (χ0) is 19.1. The van der Waals surface area contributed by atoms with Gasteiger partial charge in [-0.05, 0) is 64.5 Å². The largest absolute Gasteiger partial charge is 0.384 e. The van der Waals surface area contributed by atoms with Gasteiger partial charge in [0.2, 0.25) is 11.8 Å². The zero-order valence-electron chi connectivity index (χ0n) is 17.3. The van der Waals surface area contributed by atoms with Crippen LogP contribution < -0.4 is 16.0 Å². The lowest BCUT2D eigenvalue weighted by Gasteiger charge is -2.38. The molecule has 0 aromatic heterocycles. The molecule has 3 aliphatic rings. The fraction of sp³-hybridized carbons (Fsp3) is 0.905. The minimum Gasteiger partial charge on any atom is -0.384 e. The van der Waals surface area contributed by atoms with Crippen molar-refractivity contribution in [1.29, 1.82) is 0 Å². The van der Waals surface area contributed by atoms with Gasteiger partial charge in [-0.3, -0.25) is 9.59 Å². The number of methoxy groups -OCH3 is 1. The summed E-state index contributed by atoms with van der Waals surface area (Å²) in [5.41, 5.74) is 0.0715. The van der Waals surface area contributed by atoms with Crippen LogP contribution in [0.15, 0.2) is 0 Å². The first kappa shape index (κ1) is 23.4. The Labute approximate surface area is 175 Å². The van der Waals surface area contributed by atoms with Gasteiger partial charge in [-0.15, -0.1) is 12.4 Å². The van der Waals surface area contributed by atoms with Crippen LogP contribution in [0.5, 0.6) is 0 Å². The van der Waals surface area contributed by atoms with Gasteiger partial charge in [0, 0.05) is 36.9 Å². The number of amides is 2. The van der Waals surface area contributed by atoms with Crippen molar-refractivity contribution in [3.8, 4) is 0 Å². The zero-order valence-corrected chi connectivity index (χ0v) is 18.1. The van der Waals surface area contributed by atoms with Crippen molar-refractivity contribution in [2.75, 3.05) is 33.4 Å². The van der Waals surface area contributed by atoms with Crippen molar-refractivity contribution in [2.45, 2.75) is 70.3 Å². The first-order valence-electron chi connectivity index (χ1n) is 10.9. The minimum absolute atomic E-state index is 0. The number of rotatable bonds is 7. The Hall–Kier alpha value is -0.850. The number of nitrogens with one attached hydrogen (secondary N) is 3. The van der Waals surface area contributed by atoms with Crippen LogP contribution in [0.1, 0.15) is 64.2 Å². The molecular formula is C21H38ClN3O3.